The average molecular weight is 282 g/mol. The molecule has 0 amide bonds. The summed E-state index contributed by atoms with van der Waals surface area (Å²) in [6, 6.07) is 7.75. The first-order chi connectivity index (χ1) is 8.95. The lowest BCUT2D eigenvalue weighted by atomic mass is 9.86. The Morgan fingerprint density at radius 2 is 2.00 bits per heavy atom. The van der Waals surface area contributed by atoms with Gasteiger partial charge in [-0.15, -0.1) is 0 Å². The number of rotatable bonds is 3. The van der Waals surface area contributed by atoms with Crippen LogP contribution >= 0.6 is 11.6 Å². The molecule has 0 radical (unpaired) electrons. The van der Waals surface area contributed by atoms with Gasteiger partial charge in [-0.3, -0.25) is 9.69 Å². The molecule has 1 heterocycles. The Balaban J connectivity index is 2.27. The van der Waals surface area contributed by atoms with Crippen molar-refractivity contribution >= 4 is 17.6 Å². The minimum Gasteiger partial charge on any atom is -0.480 e. The maximum Gasteiger partial charge on any atom is 0.323 e. The van der Waals surface area contributed by atoms with Crippen LogP contribution in [0.25, 0.3) is 0 Å². The molecule has 3 nitrogen and oxygen atoms in total. The van der Waals surface area contributed by atoms with Crippen molar-refractivity contribution in [1.82, 2.24) is 4.90 Å². The molecule has 0 spiro atoms. The van der Waals surface area contributed by atoms with Gasteiger partial charge in [-0.25, -0.2) is 0 Å². The van der Waals surface area contributed by atoms with E-state index < -0.39 is 11.5 Å². The summed E-state index contributed by atoms with van der Waals surface area (Å²) in [5, 5.41) is 10.2. The van der Waals surface area contributed by atoms with E-state index in [9.17, 15) is 9.90 Å². The summed E-state index contributed by atoms with van der Waals surface area (Å²) >= 11 is 5.90. The summed E-state index contributed by atoms with van der Waals surface area (Å²) in [5.74, 6) is -0.729. The van der Waals surface area contributed by atoms with Crippen molar-refractivity contribution < 1.29 is 9.90 Å². The molecule has 0 aromatic heterocycles. The number of carboxylic acids is 1. The molecule has 1 fully saturated rings. The lowest BCUT2D eigenvalue weighted by Gasteiger charge is -2.45. The lowest BCUT2D eigenvalue weighted by molar-refractivity contribution is -0.155. The molecule has 1 saturated heterocycles. The molecule has 19 heavy (non-hydrogen) atoms. The van der Waals surface area contributed by atoms with Gasteiger partial charge in [0.05, 0.1) is 0 Å². The normalized spacial score (nSPS) is 26.1. The van der Waals surface area contributed by atoms with E-state index in [1.54, 1.807) is 0 Å². The second kappa shape index (κ2) is 5.51. The molecular weight excluding hydrogens is 262 g/mol. The van der Waals surface area contributed by atoms with Gasteiger partial charge < -0.3 is 5.11 Å². The standard InChI is InChI=1S/C15H20ClNO2/c1-11(12-5-7-13(16)8-6-12)17-10-4-3-9-15(17,2)14(18)19/h5-8,11H,3-4,9-10H2,1-2H3,(H,18,19). The van der Waals surface area contributed by atoms with Crippen LogP contribution < -0.4 is 0 Å². The van der Waals surface area contributed by atoms with Gasteiger partial charge in [0.2, 0.25) is 0 Å². The molecule has 1 aromatic carbocycles. The molecule has 1 aliphatic heterocycles. The van der Waals surface area contributed by atoms with Gasteiger partial charge in [0, 0.05) is 11.1 Å². The number of carbonyl (C=O) groups is 1. The molecule has 2 atom stereocenters. The minimum absolute atomic E-state index is 0.0821. The van der Waals surface area contributed by atoms with Crippen molar-refractivity contribution in [3.63, 3.8) is 0 Å². The van der Waals surface area contributed by atoms with Crippen LogP contribution in [0.4, 0.5) is 0 Å². The third kappa shape index (κ3) is 2.77. The van der Waals surface area contributed by atoms with Crippen molar-refractivity contribution in [2.75, 3.05) is 6.54 Å². The molecule has 2 unspecified atom stereocenters. The first-order valence-corrected chi connectivity index (χ1v) is 7.08. The Hall–Kier alpha value is -1.06. The number of hydrogen-bond donors (Lipinski definition) is 1. The summed E-state index contributed by atoms with van der Waals surface area (Å²) < 4.78 is 0. The summed E-state index contributed by atoms with van der Waals surface area (Å²) in [6.07, 6.45) is 2.74. The van der Waals surface area contributed by atoms with Crippen LogP contribution in [0.2, 0.25) is 5.02 Å². The van der Waals surface area contributed by atoms with Crippen molar-refractivity contribution in [1.29, 1.82) is 0 Å². The van der Waals surface area contributed by atoms with Crippen molar-refractivity contribution in [3.05, 3.63) is 34.9 Å². The zero-order valence-electron chi connectivity index (χ0n) is 11.4. The summed E-state index contributed by atoms with van der Waals surface area (Å²) in [7, 11) is 0. The molecule has 0 bridgehead atoms. The van der Waals surface area contributed by atoms with Crippen molar-refractivity contribution in [2.45, 2.75) is 44.7 Å². The first-order valence-electron chi connectivity index (χ1n) is 6.71. The van der Waals surface area contributed by atoms with Crippen LogP contribution in [0.1, 0.15) is 44.7 Å². The Morgan fingerprint density at radius 1 is 1.37 bits per heavy atom. The van der Waals surface area contributed by atoms with Crippen LogP contribution in [-0.2, 0) is 4.79 Å². The quantitative estimate of drug-likeness (QED) is 0.918. The molecule has 0 aliphatic carbocycles. The van der Waals surface area contributed by atoms with Crippen molar-refractivity contribution in [2.24, 2.45) is 0 Å². The van der Waals surface area contributed by atoms with Gasteiger partial charge in [-0.2, -0.15) is 0 Å². The number of piperidine rings is 1. The lowest BCUT2D eigenvalue weighted by Crippen LogP contribution is -2.55. The monoisotopic (exact) mass is 281 g/mol. The predicted molar refractivity (Wildman–Crippen MR) is 76.5 cm³/mol. The van der Waals surface area contributed by atoms with Crippen LogP contribution in [-0.4, -0.2) is 28.1 Å². The van der Waals surface area contributed by atoms with Crippen LogP contribution in [0.3, 0.4) is 0 Å². The van der Waals surface area contributed by atoms with Gasteiger partial charge in [0.15, 0.2) is 0 Å². The fourth-order valence-electron chi connectivity index (χ4n) is 2.91. The zero-order valence-corrected chi connectivity index (χ0v) is 12.2. The second-order valence-electron chi connectivity index (χ2n) is 5.46. The highest BCUT2D eigenvalue weighted by Crippen LogP contribution is 2.35. The highest BCUT2D eigenvalue weighted by Gasteiger charge is 2.43. The largest absolute Gasteiger partial charge is 0.480 e. The maximum atomic E-state index is 11.6. The zero-order chi connectivity index (χ0) is 14.0. The molecule has 2 rings (SSSR count). The smallest absolute Gasteiger partial charge is 0.323 e. The topological polar surface area (TPSA) is 40.5 Å². The van der Waals surface area contributed by atoms with E-state index >= 15 is 0 Å². The Bertz CT molecular complexity index is 460. The Labute approximate surface area is 119 Å². The second-order valence-corrected chi connectivity index (χ2v) is 5.89. The van der Waals surface area contributed by atoms with E-state index in [-0.39, 0.29) is 6.04 Å². The molecule has 104 valence electrons. The van der Waals surface area contributed by atoms with E-state index in [1.807, 2.05) is 31.2 Å². The van der Waals surface area contributed by atoms with E-state index in [4.69, 9.17) is 11.6 Å². The van der Waals surface area contributed by atoms with E-state index in [0.29, 0.717) is 11.4 Å². The maximum absolute atomic E-state index is 11.6. The van der Waals surface area contributed by atoms with Gasteiger partial charge in [-0.1, -0.05) is 23.7 Å². The third-order valence-corrected chi connectivity index (χ3v) is 4.48. The number of halogens is 1. The molecule has 1 aromatic rings. The molecular formula is C15H20ClNO2. The van der Waals surface area contributed by atoms with Crippen LogP contribution in [0, 0.1) is 0 Å². The number of likely N-dealkylation sites (tertiary alicyclic amines) is 1. The SMILES string of the molecule is CC(c1ccc(Cl)cc1)N1CCCCC1(C)C(=O)O. The summed E-state index contributed by atoms with van der Waals surface area (Å²) in [6.45, 7) is 4.73. The average Bonchev–Trinajstić information content (AvgIpc) is 2.39. The van der Waals surface area contributed by atoms with Crippen LogP contribution in [0.15, 0.2) is 24.3 Å². The first kappa shape index (κ1) is 14.4. The van der Waals surface area contributed by atoms with Gasteiger partial charge in [0.25, 0.3) is 0 Å². The number of benzene rings is 1. The summed E-state index contributed by atoms with van der Waals surface area (Å²) in [4.78, 5) is 13.7. The highest BCUT2D eigenvalue weighted by molar-refractivity contribution is 6.30. The number of carboxylic acid groups (broad SMARTS) is 1. The molecule has 1 N–H and O–H groups in total. The van der Waals surface area contributed by atoms with Crippen molar-refractivity contribution in [3.8, 4) is 0 Å². The number of nitrogens with zero attached hydrogens (tertiary/aromatic N) is 1. The Morgan fingerprint density at radius 3 is 2.58 bits per heavy atom. The molecule has 4 heteroatoms. The van der Waals surface area contributed by atoms with E-state index in [2.05, 4.69) is 11.8 Å². The summed E-state index contributed by atoms with van der Waals surface area (Å²) in [5.41, 5.74) is 0.343. The molecule has 1 aliphatic rings. The van der Waals surface area contributed by atoms with Gasteiger partial charge >= 0.3 is 5.97 Å². The number of aliphatic carboxylic acids is 1. The van der Waals surface area contributed by atoms with Crippen LogP contribution in [0.5, 0.6) is 0 Å². The fraction of sp³-hybridized carbons (Fsp3) is 0.533. The Kier molecular flexibility index (Phi) is 4.16. The number of hydrogen-bond acceptors (Lipinski definition) is 2. The van der Waals surface area contributed by atoms with Gasteiger partial charge in [-0.05, 0) is 57.4 Å². The van der Waals surface area contributed by atoms with E-state index in [0.717, 1.165) is 24.9 Å². The van der Waals surface area contributed by atoms with E-state index in [1.165, 1.54) is 0 Å². The third-order valence-electron chi connectivity index (χ3n) is 4.23. The van der Waals surface area contributed by atoms with Gasteiger partial charge in [0.1, 0.15) is 5.54 Å². The fourth-order valence-corrected chi connectivity index (χ4v) is 3.04. The highest BCUT2D eigenvalue weighted by atomic mass is 35.5. The molecule has 0 saturated carbocycles. The minimum atomic E-state index is -0.767. The predicted octanol–water partition coefficient (Wildman–Crippen LogP) is 3.73.